The second-order valence-corrected chi connectivity index (χ2v) is 7.93. The Morgan fingerprint density at radius 1 is 0.882 bits per heavy atom. The van der Waals surface area contributed by atoms with Crippen molar-refractivity contribution in [3.8, 4) is 0 Å². The molecule has 9 heteroatoms. The number of rotatable bonds is 13. The lowest BCUT2D eigenvalue weighted by atomic mass is 9.81. The Morgan fingerprint density at radius 2 is 1.38 bits per heavy atom. The van der Waals surface area contributed by atoms with Gasteiger partial charge in [0.1, 0.15) is 20.3 Å². The van der Waals surface area contributed by atoms with E-state index in [0.717, 1.165) is 18.4 Å². The van der Waals surface area contributed by atoms with Crippen molar-refractivity contribution in [2.45, 2.75) is 46.5 Å². The van der Waals surface area contributed by atoms with Crippen LogP contribution >= 0.6 is 0 Å². The van der Waals surface area contributed by atoms with Crippen LogP contribution in [0.4, 0.5) is 0 Å². The summed E-state index contributed by atoms with van der Waals surface area (Å²) in [6, 6.07) is 3.77. The first-order chi connectivity index (χ1) is 15.9. The fourth-order valence-corrected chi connectivity index (χ4v) is 3.69. The Hall–Kier alpha value is -1.98. The maximum absolute atomic E-state index is 13.1. The third-order valence-corrected chi connectivity index (χ3v) is 5.11. The summed E-state index contributed by atoms with van der Waals surface area (Å²) in [7, 11) is 1.89. The number of carbonyl (C=O) groups is 2. The van der Waals surface area contributed by atoms with Gasteiger partial charge in [-0.1, -0.05) is 13.8 Å². The van der Waals surface area contributed by atoms with Gasteiger partial charge in [0, 0.05) is 36.2 Å². The molecule has 0 bridgehead atoms. The molecule has 0 atom stereocenters. The van der Waals surface area contributed by atoms with Crippen LogP contribution in [0.3, 0.4) is 0 Å². The molecule has 0 radical (unpaired) electrons. The molecule has 0 saturated heterocycles. The third-order valence-electron chi connectivity index (χ3n) is 5.11. The molecule has 0 aliphatic carbocycles. The highest BCUT2D eigenvalue weighted by atomic mass is 127. The number of carbonyl (C=O) groups excluding carboxylic acids is 2. The second-order valence-electron chi connectivity index (χ2n) is 7.93. The van der Waals surface area contributed by atoms with E-state index in [0.29, 0.717) is 49.0 Å². The van der Waals surface area contributed by atoms with Crippen molar-refractivity contribution in [3.05, 3.63) is 52.6 Å². The van der Waals surface area contributed by atoms with Crippen LogP contribution < -0.4 is 33.9 Å². The van der Waals surface area contributed by atoms with E-state index in [-0.39, 0.29) is 37.2 Å². The first-order valence-electron chi connectivity index (χ1n) is 11.5. The number of pyridine rings is 1. The van der Waals surface area contributed by atoms with Gasteiger partial charge >= 0.3 is 11.9 Å². The number of nitrogens with one attached hydrogen (secondary N) is 1. The summed E-state index contributed by atoms with van der Waals surface area (Å²) in [4.78, 5) is 26.3. The van der Waals surface area contributed by atoms with Crippen molar-refractivity contribution < 1.29 is 57.1 Å². The quantitative estimate of drug-likeness (QED) is 0.147. The minimum Gasteiger partial charge on any atom is -1.00 e. The lowest BCUT2D eigenvalue weighted by Gasteiger charge is -2.29. The van der Waals surface area contributed by atoms with Crippen molar-refractivity contribution in [3.63, 3.8) is 0 Å². The van der Waals surface area contributed by atoms with Crippen molar-refractivity contribution in [2.75, 3.05) is 39.6 Å². The van der Waals surface area contributed by atoms with E-state index in [9.17, 15) is 9.59 Å². The summed E-state index contributed by atoms with van der Waals surface area (Å²) in [5, 5.41) is 3.17. The van der Waals surface area contributed by atoms with Crippen LogP contribution in [0.1, 0.15) is 52.0 Å². The molecule has 8 nitrogen and oxygen atoms in total. The largest absolute Gasteiger partial charge is 1.00 e. The van der Waals surface area contributed by atoms with Gasteiger partial charge in [0.05, 0.1) is 30.3 Å². The van der Waals surface area contributed by atoms with Crippen LogP contribution in [0.15, 0.2) is 47.1 Å². The lowest BCUT2D eigenvalue weighted by molar-refractivity contribution is -0.671. The lowest BCUT2D eigenvalue weighted by Crippen LogP contribution is -3.00. The predicted molar refractivity (Wildman–Crippen MR) is 123 cm³/mol. The molecule has 0 unspecified atom stereocenters. The van der Waals surface area contributed by atoms with Gasteiger partial charge in [-0.05, 0) is 32.8 Å². The molecule has 190 valence electrons. The number of nitrogens with zero attached hydrogens (tertiary/aromatic N) is 1. The van der Waals surface area contributed by atoms with E-state index < -0.39 is 17.9 Å². The molecule has 0 saturated carbocycles. The summed E-state index contributed by atoms with van der Waals surface area (Å²) in [6.07, 6.45) is 5.58. The molecular weight excluding hydrogens is 551 g/mol. The summed E-state index contributed by atoms with van der Waals surface area (Å²) in [5.41, 5.74) is 2.86. The minimum absolute atomic E-state index is 0. The number of hydrogen-bond donors (Lipinski definition) is 1. The number of aryl methyl sites for hydroxylation is 1. The molecule has 34 heavy (non-hydrogen) atoms. The standard InChI is InChI=1S/C25H36N2O6.HI/c1-6-11-30-13-15-32-24(28)21-18(3)26-19(4)22(25(29)33-16-14-31-12-7-2)23(21)20-9-8-10-27(5)17-20;/h8-10,17,23H,6-7,11-16H2,1-5H3;1H. The number of esters is 2. The zero-order valence-corrected chi connectivity index (χ0v) is 23.0. The van der Waals surface area contributed by atoms with Crippen molar-refractivity contribution in [1.29, 1.82) is 0 Å². The van der Waals surface area contributed by atoms with Crippen LogP contribution in [-0.4, -0.2) is 51.6 Å². The maximum atomic E-state index is 13.1. The van der Waals surface area contributed by atoms with Crippen molar-refractivity contribution in [2.24, 2.45) is 7.05 Å². The van der Waals surface area contributed by atoms with Gasteiger partial charge in [-0.25, -0.2) is 14.2 Å². The predicted octanol–water partition coefficient (Wildman–Crippen LogP) is -0.310. The first-order valence-corrected chi connectivity index (χ1v) is 11.5. The number of allylic oxidation sites excluding steroid dienone is 2. The zero-order valence-electron chi connectivity index (χ0n) is 20.8. The molecule has 1 N–H and O–H groups in total. The molecule has 0 fully saturated rings. The monoisotopic (exact) mass is 588 g/mol. The number of hydrogen-bond acceptors (Lipinski definition) is 7. The van der Waals surface area contributed by atoms with E-state index >= 15 is 0 Å². The zero-order chi connectivity index (χ0) is 24.2. The van der Waals surface area contributed by atoms with Gasteiger partial charge < -0.3 is 48.2 Å². The Balaban J connectivity index is 0.00000578. The first kappa shape index (κ1) is 30.1. The highest BCUT2D eigenvalue weighted by Gasteiger charge is 2.39. The highest BCUT2D eigenvalue weighted by molar-refractivity contribution is 5.99. The Bertz CT molecular complexity index is 836. The topological polar surface area (TPSA) is 87.0 Å². The number of aromatic nitrogens is 1. The van der Waals surface area contributed by atoms with E-state index in [1.54, 1.807) is 0 Å². The summed E-state index contributed by atoms with van der Waals surface area (Å²) >= 11 is 0. The highest BCUT2D eigenvalue weighted by Crippen LogP contribution is 2.38. The van der Waals surface area contributed by atoms with Gasteiger partial charge in [0.25, 0.3) is 0 Å². The minimum atomic E-state index is -0.619. The van der Waals surface area contributed by atoms with Crippen molar-refractivity contribution in [1.82, 2.24) is 5.32 Å². The average molecular weight is 588 g/mol. The average Bonchev–Trinajstić information content (AvgIpc) is 2.78. The van der Waals surface area contributed by atoms with E-state index in [1.807, 2.05) is 63.8 Å². The smallest absolute Gasteiger partial charge is 0.336 e. The molecule has 2 rings (SSSR count). The van der Waals surface area contributed by atoms with Gasteiger partial charge in [0.2, 0.25) is 0 Å². The van der Waals surface area contributed by atoms with Gasteiger partial charge in [-0.2, -0.15) is 0 Å². The number of halogens is 1. The molecule has 1 aromatic heterocycles. The normalized spacial score (nSPS) is 13.9. The Labute approximate surface area is 219 Å². The van der Waals surface area contributed by atoms with Crippen molar-refractivity contribution >= 4 is 11.9 Å². The molecule has 0 aromatic carbocycles. The van der Waals surface area contributed by atoms with Crippen LogP contribution in [0.5, 0.6) is 0 Å². The van der Waals surface area contributed by atoms with Crippen LogP contribution in [0.25, 0.3) is 0 Å². The molecule has 0 spiro atoms. The second kappa shape index (κ2) is 15.8. The van der Waals surface area contributed by atoms with Crippen LogP contribution in [0, 0.1) is 0 Å². The molecule has 0 amide bonds. The maximum Gasteiger partial charge on any atom is 0.336 e. The number of dihydropyridines is 1. The van der Waals surface area contributed by atoms with Gasteiger partial charge in [0.15, 0.2) is 12.4 Å². The fraction of sp³-hybridized carbons (Fsp3) is 0.560. The molecule has 1 aromatic rings. The number of ether oxygens (including phenoxy) is 4. The molecule has 1 aliphatic rings. The summed E-state index contributed by atoms with van der Waals surface area (Å²) < 4.78 is 23.7. The van der Waals surface area contributed by atoms with E-state index in [1.165, 1.54) is 0 Å². The Morgan fingerprint density at radius 3 is 1.82 bits per heavy atom. The molecule has 1 aliphatic heterocycles. The fourth-order valence-electron chi connectivity index (χ4n) is 3.69. The summed E-state index contributed by atoms with van der Waals surface area (Å²) in [5.74, 6) is -1.59. The molecular formula is C25H37IN2O6. The van der Waals surface area contributed by atoms with Crippen LogP contribution in [-0.2, 0) is 35.6 Å². The van der Waals surface area contributed by atoms with Gasteiger partial charge in [-0.3, -0.25) is 0 Å². The van der Waals surface area contributed by atoms with E-state index in [2.05, 4.69) is 5.32 Å². The van der Waals surface area contributed by atoms with Gasteiger partial charge in [-0.15, -0.1) is 0 Å². The van der Waals surface area contributed by atoms with Crippen LogP contribution in [0.2, 0.25) is 0 Å². The summed E-state index contributed by atoms with van der Waals surface area (Å²) in [6.45, 7) is 9.82. The van der Waals surface area contributed by atoms with E-state index in [4.69, 9.17) is 18.9 Å². The third kappa shape index (κ3) is 8.66. The SMILES string of the molecule is CCCOCCOC(=O)C1=C(C)NC(C)=C(C(=O)OCCOCCC)C1c1ccc[n+](C)c1.[I-]. The molecule has 2 heterocycles. The Kier molecular flexibility index (Phi) is 14.0.